The molecule has 0 saturated carbocycles. The first-order chi connectivity index (χ1) is 7.72. The molecule has 1 aromatic carbocycles. The summed E-state index contributed by atoms with van der Waals surface area (Å²) in [6.07, 6.45) is 3.62. The van der Waals surface area contributed by atoms with Crippen LogP contribution in [0.4, 0.5) is 0 Å². The van der Waals surface area contributed by atoms with Gasteiger partial charge in [-0.25, -0.2) is 0 Å². The van der Waals surface area contributed by atoms with E-state index in [2.05, 4.69) is 43.1 Å². The van der Waals surface area contributed by atoms with Crippen molar-refractivity contribution in [3.05, 3.63) is 35.4 Å². The van der Waals surface area contributed by atoms with Gasteiger partial charge in [-0.2, -0.15) is 0 Å². The maximum Gasteiger partial charge on any atom is 0.0230 e. The first kappa shape index (κ1) is 13.5. The highest BCUT2D eigenvalue weighted by Gasteiger charge is 2.00. The van der Waals surface area contributed by atoms with Crippen molar-refractivity contribution < 1.29 is 0 Å². The molecule has 0 unspecified atom stereocenters. The van der Waals surface area contributed by atoms with E-state index in [1.54, 1.807) is 0 Å². The van der Waals surface area contributed by atoms with Crippen LogP contribution >= 0.6 is 11.6 Å². The summed E-state index contributed by atoms with van der Waals surface area (Å²) in [7, 11) is 2.18. The van der Waals surface area contributed by atoms with Gasteiger partial charge in [0.15, 0.2) is 0 Å². The molecule has 1 rings (SSSR count). The third-order valence-corrected chi connectivity index (χ3v) is 2.98. The van der Waals surface area contributed by atoms with Crippen molar-refractivity contribution in [2.45, 2.75) is 32.7 Å². The van der Waals surface area contributed by atoms with Crippen LogP contribution in [0, 0.1) is 6.92 Å². The van der Waals surface area contributed by atoms with Gasteiger partial charge in [-0.1, -0.05) is 36.2 Å². The summed E-state index contributed by atoms with van der Waals surface area (Å²) < 4.78 is 0. The van der Waals surface area contributed by atoms with Gasteiger partial charge < -0.3 is 4.90 Å². The minimum atomic E-state index is 0.793. The Morgan fingerprint density at radius 2 is 2.00 bits per heavy atom. The number of benzene rings is 1. The highest BCUT2D eigenvalue weighted by molar-refractivity contribution is 6.17. The van der Waals surface area contributed by atoms with Crippen molar-refractivity contribution in [2.75, 3.05) is 19.5 Å². The van der Waals surface area contributed by atoms with Gasteiger partial charge in [0.25, 0.3) is 0 Å². The van der Waals surface area contributed by atoms with Crippen LogP contribution in [0.15, 0.2) is 24.3 Å². The molecular formula is C14H22ClN. The van der Waals surface area contributed by atoms with E-state index in [4.69, 9.17) is 11.6 Å². The summed E-state index contributed by atoms with van der Waals surface area (Å²) in [4.78, 5) is 2.38. The van der Waals surface area contributed by atoms with Crippen LogP contribution in [-0.2, 0) is 6.54 Å². The average molecular weight is 240 g/mol. The molecule has 0 aliphatic rings. The fourth-order valence-electron chi connectivity index (χ4n) is 1.85. The molecule has 16 heavy (non-hydrogen) atoms. The van der Waals surface area contributed by atoms with Crippen LogP contribution in [0.1, 0.15) is 30.4 Å². The van der Waals surface area contributed by atoms with E-state index in [0.717, 1.165) is 25.4 Å². The third-order valence-electron chi connectivity index (χ3n) is 2.71. The van der Waals surface area contributed by atoms with Gasteiger partial charge in [0.1, 0.15) is 0 Å². The van der Waals surface area contributed by atoms with Gasteiger partial charge in [0.05, 0.1) is 0 Å². The normalized spacial score (nSPS) is 11.0. The summed E-state index contributed by atoms with van der Waals surface area (Å²) in [5.74, 6) is 0.793. The SMILES string of the molecule is Cc1cccc(CN(C)CCCCCCl)c1. The van der Waals surface area contributed by atoms with Crippen LogP contribution in [0.5, 0.6) is 0 Å². The second kappa shape index (κ2) is 7.70. The van der Waals surface area contributed by atoms with Crippen molar-refractivity contribution in [3.8, 4) is 0 Å². The van der Waals surface area contributed by atoms with Crippen molar-refractivity contribution in [2.24, 2.45) is 0 Å². The minimum Gasteiger partial charge on any atom is -0.302 e. The molecule has 0 spiro atoms. The molecule has 0 aliphatic carbocycles. The molecular weight excluding hydrogens is 218 g/mol. The van der Waals surface area contributed by atoms with E-state index in [9.17, 15) is 0 Å². The Balaban J connectivity index is 2.25. The summed E-state index contributed by atoms with van der Waals surface area (Å²) in [6, 6.07) is 8.73. The van der Waals surface area contributed by atoms with Gasteiger partial charge in [-0.15, -0.1) is 11.6 Å². The lowest BCUT2D eigenvalue weighted by molar-refractivity contribution is 0.318. The molecule has 0 aliphatic heterocycles. The number of rotatable bonds is 7. The maximum atomic E-state index is 5.65. The largest absolute Gasteiger partial charge is 0.302 e. The number of aryl methyl sites for hydroxylation is 1. The Morgan fingerprint density at radius 3 is 2.69 bits per heavy atom. The summed E-state index contributed by atoms with van der Waals surface area (Å²) in [5, 5.41) is 0. The fraction of sp³-hybridized carbons (Fsp3) is 0.571. The molecule has 0 amide bonds. The van der Waals surface area contributed by atoms with Crippen molar-refractivity contribution in [1.82, 2.24) is 4.90 Å². The highest BCUT2D eigenvalue weighted by atomic mass is 35.5. The highest BCUT2D eigenvalue weighted by Crippen LogP contribution is 2.07. The molecule has 1 nitrogen and oxygen atoms in total. The van der Waals surface area contributed by atoms with Gasteiger partial charge in [-0.05, 0) is 38.9 Å². The molecule has 2 heteroatoms. The van der Waals surface area contributed by atoms with E-state index >= 15 is 0 Å². The summed E-state index contributed by atoms with van der Waals surface area (Å²) in [5.41, 5.74) is 2.74. The number of halogens is 1. The van der Waals surface area contributed by atoms with Crippen molar-refractivity contribution in [3.63, 3.8) is 0 Å². The van der Waals surface area contributed by atoms with Crippen LogP contribution in [0.3, 0.4) is 0 Å². The van der Waals surface area contributed by atoms with Crippen LogP contribution < -0.4 is 0 Å². The first-order valence-electron chi connectivity index (χ1n) is 6.02. The first-order valence-corrected chi connectivity index (χ1v) is 6.56. The molecule has 0 N–H and O–H groups in total. The van der Waals surface area contributed by atoms with Crippen LogP contribution in [0.2, 0.25) is 0 Å². The predicted octanol–water partition coefficient (Wildman–Crippen LogP) is 3.84. The minimum absolute atomic E-state index is 0.793. The smallest absolute Gasteiger partial charge is 0.0230 e. The van der Waals surface area contributed by atoms with Gasteiger partial charge >= 0.3 is 0 Å². The van der Waals surface area contributed by atoms with Crippen LogP contribution in [0.25, 0.3) is 0 Å². The molecule has 0 atom stereocenters. The molecule has 0 aromatic heterocycles. The Hall–Kier alpha value is -0.530. The third kappa shape index (κ3) is 5.53. The number of hydrogen-bond donors (Lipinski definition) is 0. The Labute approximate surface area is 104 Å². The fourth-order valence-corrected chi connectivity index (χ4v) is 2.04. The zero-order chi connectivity index (χ0) is 11.8. The molecule has 0 saturated heterocycles. The number of hydrogen-bond acceptors (Lipinski definition) is 1. The molecule has 0 bridgehead atoms. The summed E-state index contributed by atoms with van der Waals surface area (Å²) in [6.45, 7) is 4.34. The van der Waals surface area contributed by atoms with Gasteiger partial charge in [-0.3, -0.25) is 0 Å². The Bertz CT molecular complexity index is 299. The second-order valence-corrected chi connectivity index (χ2v) is 4.85. The second-order valence-electron chi connectivity index (χ2n) is 4.48. The van der Waals surface area contributed by atoms with Crippen LogP contribution in [-0.4, -0.2) is 24.4 Å². The number of alkyl halides is 1. The molecule has 0 fully saturated rings. The lowest BCUT2D eigenvalue weighted by Crippen LogP contribution is -2.19. The molecule has 0 heterocycles. The van der Waals surface area contributed by atoms with Crippen molar-refractivity contribution >= 4 is 11.6 Å². The zero-order valence-electron chi connectivity index (χ0n) is 10.4. The van der Waals surface area contributed by atoms with Crippen molar-refractivity contribution in [1.29, 1.82) is 0 Å². The zero-order valence-corrected chi connectivity index (χ0v) is 11.1. The lowest BCUT2D eigenvalue weighted by Gasteiger charge is -2.16. The molecule has 1 aromatic rings. The number of unbranched alkanes of at least 4 members (excludes halogenated alkanes) is 2. The van der Waals surface area contributed by atoms with E-state index in [-0.39, 0.29) is 0 Å². The topological polar surface area (TPSA) is 3.24 Å². The van der Waals surface area contributed by atoms with Gasteiger partial charge in [0.2, 0.25) is 0 Å². The summed E-state index contributed by atoms with van der Waals surface area (Å²) >= 11 is 5.65. The Kier molecular flexibility index (Phi) is 6.51. The van der Waals surface area contributed by atoms with Gasteiger partial charge in [0, 0.05) is 12.4 Å². The quantitative estimate of drug-likeness (QED) is 0.516. The monoisotopic (exact) mass is 239 g/mol. The van der Waals surface area contributed by atoms with E-state index in [1.807, 2.05) is 0 Å². The standard InChI is InChI=1S/C14H22ClN/c1-13-7-6-8-14(11-13)12-16(2)10-5-3-4-9-15/h6-8,11H,3-5,9-10,12H2,1-2H3. The molecule has 0 radical (unpaired) electrons. The Morgan fingerprint density at radius 1 is 1.19 bits per heavy atom. The maximum absolute atomic E-state index is 5.65. The van der Waals surface area contributed by atoms with E-state index in [0.29, 0.717) is 0 Å². The van der Waals surface area contributed by atoms with E-state index in [1.165, 1.54) is 24.0 Å². The average Bonchev–Trinajstić information content (AvgIpc) is 2.24. The van der Waals surface area contributed by atoms with E-state index < -0.39 is 0 Å². The lowest BCUT2D eigenvalue weighted by atomic mass is 10.1. The molecule has 90 valence electrons. The predicted molar refractivity (Wildman–Crippen MR) is 72.1 cm³/mol. The number of nitrogens with zero attached hydrogens (tertiary/aromatic N) is 1.